The summed E-state index contributed by atoms with van der Waals surface area (Å²) in [7, 11) is 1.75. The van der Waals surface area contributed by atoms with Crippen molar-refractivity contribution in [2.75, 3.05) is 31.6 Å². The van der Waals surface area contributed by atoms with Gasteiger partial charge in [-0.15, -0.1) is 11.8 Å². The van der Waals surface area contributed by atoms with Crippen molar-refractivity contribution in [2.24, 2.45) is 11.8 Å². The number of fused-ring (bicyclic) bond motifs is 2. The Labute approximate surface area is 243 Å². The first kappa shape index (κ1) is 27.1. The topological polar surface area (TPSA) is 81.2 Å². The average Bonchev–Trinajstić information content (AvgIpc) is 3.21. The third-order valence-electron chi connectivity index (χ3n) is 8.85. The molecule has 208 valence electrons. The molecular formula is C31H32ClN3O4S. The highest BCUT2D eigenvalue weighted by Gasteiger charge is 2.74. The van der Waals surface area contributed by atoms with Gasteiger partial charge in [-0.1, -0.05) is 78.4 Å². The van der Waals surface area contributed by atoms with E-state index in [1.54, 1.807) is 27.8 Å². The standard InChI is InChI=1S/C31H32ClN3O4S/c1-19-10-7-13-21(32)25(19)34-17-9-15-31-24(23-27(37)33(3)16-8-14-30(23,2)40-31)28(38)35(26(31)29(34)39)22(18-36)20-11-5-4-6-12-20/h4-15,22-24,26,36H,16-18H2,1-3H3/t22-,23+,24+,26?,30-,31+/m1/s1. The van der Waals surface area contributed by atoms with Crippen LogP contribution in [-0.2, 0) is 14.4 Å². The number of para-hydroxylation sites is 1. The fraction of sp³-hybridized carbons (Fsp3) is 0.387. The molecule has 40 heavy (non-hydrogen) atoms. The van der Waals surface area contributed by atoms with Crippen LogP contribution in [0.5, 0.6) is 0 Å². The van der Waals surface area contributed by atoms with E-state index in [-0.39, 0.29) is 30.9 Å². The highest BCUT2D eigenvalue weighted by atomic mass is 35.5. The number of carbonyl (C=O) groups excluding carboxylic acids is 3. The highest BCUT2D eigenvalue weighted by Crippen LogP contribution is 2.66. The molecule has 6 atom stereocenters. The van der Waals surface area contributed by atoms with E-state index >= 15 is 0 Å². The Morgan fingerprint density at radius 1 is 0.975 bits per heavy atom. The van der Waals surface area contributed by atoms with Crippen molar-refractivity contribution in [2.45, 2.75) is 35.4 Å². The summed E-state index contributed by atoms with van der Waals surface area (Å²) in [5.74, 6) is -2.12. The summed E-state index contributed by atoms with van der Waals surface area (Å²) in [6, 6.07) is 13.1. The Morgan fingerprint density at radius 2 is 1.70 bits per heavy atom. The maximum atomic E-state index is 14.8. The third kappa shape index (κ3) is 3.80. The van der Waals surface area contributed by atoms with Crippen molar-refractivity contribution < 1.29 is 19.5 Å². The summed E-state index contributed by atoms with van der Waals surface area (Å²) in [6.07, 6.45) is 7.92. The Kier molecular flexibility index (Phi) is 6.63. The summed E-state index contributed by atoms with van der Waals surface area (Å²) in [5, 5.41) is 11.2. The highest BCUT2D eigenvalue weighted by molar-refractivity contribution is 8.02. The predicted octanol–water partition coefficient (Wildman–Crippen LogP) is 4.00. The first-order valence-corrected chi connectivity index (χ1v) is 14.7. The molecule has 2 saturated heterocycles. The predicted molar refractivity (Wildman–Crippen MR) is 157 cm³/mol. The molecule has 2 aromatic rings. The largest absolute Gasteiger partial charge is 0.394 e. The molecule has 1 N–H and O–H groups in total. The Morgan fingerprint density at radius 3 is 2.40 bits per heavy atom. The third-order valence-corrected chi connectivity index (χ3v) is 10.9. The molecule has 0 saturated carbocycles. The van der Waals surface area contributed by atoms with Crippen LogP contribution in [0.25, 0.3) is 0 Å². The lowest BCUT2D eigenvalue weighted by molar-refractivity contribution is -0.145. The lowest BCUT2D eigenvalue weighted by Crippen LogP contribution is -2.54. The van der Waals surface area contributed by atoms with Crippen molar-refractivity contribution in [1.82, 2.24) is 9.80 Å². The van der Waals surface area contributed by atoms with Crippen LogP contribution in [0.2, 0.25) is 5.02 Å². The Balaban J connectivity index is 1.57. The summed E-state index contributed by atoms with van der Waals surface area (Å²) < 4.78 is -1.70. The van der Waals surface area contributed by atoms with E-state index in [2.05, 4.69) is 0 Å². The molecule has 1 spiro atoms. The number of benzene rings is 2. The van der Waals surface area contributed by atoms with Gasteiger partial charge in [0.1, 0.15) is 6.04 Å². The number of anilines is 1. The monoisotopic (exact) mass is 577 g/mol. The molecule has 2 fully saturated rings. The number of aryl methyl sites for hydroxylation is 1. The van der Waals surface area contributed by atoms with Crippen molar-refractivity contribution in [1.29, 1.82) is 0 Å². The molecule has 0 radical (unpaired) electrons. The summed E-state index contributed by atoms with van der Waals surface area (Å²) in [5.41, 5.74) is 2.17. The smallest absolute Gasteiger partial charge is 0.251 e. The van der Waals surface area contributed by atoms with Crippen molar-refractivity contribution >= 4 is 46.8 Å². The lowest BCUT2D eigenvalue weighted by Gasteiger charge is -2.40. The number of likely N-dealkylation sites (N-methyl/N-ethyl adjacent to an activating group) is 1. The van der Waals surface area contributed by atoms with Crippen LogP contribution in [0.4, 0.5) is 5.69 Å². The number of nitrogens with zero attached hydrogens (tertiary/aromatic N) is 3. The second-order valence-corrected chi connectivity index (χ2v) is 13.4. The number of likely N-dealkylation sites (tertiary alicyclic amines) is 1. The Bertz CT molecular complexity index is 1430. The van der Waals surface area contributed by atoms with Gasteiger partial charge in [-0.2, -0.15) is 0 Å². The number of halogens is 1. The van der Waals surface area contributed by atoms with Crippen molar-refractivity contribution in [3.8, 4) is 0 Å². The van der Waals surface area contributed by atoms with Gasteiger partial charge in [-0.3, -0.25) is 14.4 Å². The number of hydrogen-bond acceptors (Lipinski definition) is 5. The first-order valence-electron chi connectivity index (χ1n) is 13.5. The van der Waals surface area contributed by atoms with E-state index in [9.17, 15) is 19.5 Å². The number of amides is 3. The molecular weight excluding hydrogens is 546 g/mol. The summed E-state index contributed by atoms with van der Waals surface area (Å²) in [6.45, 7) is 4.28. The molecule has 2 aromatic carbocycles. The first-order chi connectivity index (χ1) is 19.1. The normalized spacial score (nSPS) is 32.1. The zero-order valence-corrected chi connectivity index (χ0v) is 24.2. The Hall–Kier alpha value is -3.07. The molecule has 3 amide bonds. The molecule has 7 nitrogen and oxygen atoms in total. The van der Waals surface area contributed by atoms with Crippen LogP contribution in [0, 0.1) is 18.8 Å². The molecule has 4 aliphatic rings. The molecule has 4 aliphatic heterocycles. The van der Waals surface area contributed by atoms with Gasteiger partial charge < -0.3 is 19.8 Å². The van der Waals surface area contributed by atoms with E-state index in [0.717, 1.165) is 11.1 Å². The summed E-state index contributed by atoms with van der Waals surface area (Å²) in [4.78, 5) is 48.2. The van der Waals surface area contributed by atoms with Gasteiger partial charge in [0.25, 0.3) is 5.91 Å². The van der Waals surface area contributed by atoms with Crippen LogP contribution in [0.1, 0.15) is 24.1 Å². The van der Waals surface area contributed by atoms with Gasteiger partial charge in [-0.25, -0.2) is 0 Å². The molecule has 0 aliphatic carbocycles. The van der Waals surface area contributed by atoms with E-state index in [4.69, 9.17) is 11.6 Å². The van der Waals surface area contributed by atoms with E-state index in [1.165, 1.54) is 11.8 Å². The van der Waals surface area contributed by atoms with E-state index in [1.807, 2.05) is 80.6 Å². The van der Waals surface area contributed by atoms with Crippen LogP contribution in [0.3, 0.4) is 0 Å². The number of thioether (sulfide) groups is 1. The maximum absolute atomic E-state index is 14.8. The number of aliphatic hydroxyl groups is 1. The fourth-order valence-electron chi connectivity index (χ4n) is 7.11. The van der Waals surface area contributed by atoms with Gasteiger partial charge in [-0.05, 0) is 31.0 Å². The molecule has 9 heteroatoms. The van der Waals surface area contributed by atoms with Crippen LogP contribution in [-0.4, -0.2) is 74.9 Å². The zero-order chi connectivity index (χ0) is 28.4. The van der Waals surface area contributed by atoms with Crippen LogP contribution in [0.15, 0.2) is 72.8 Å². The second kappa shape index (κ2) is 9.79. The van der Waals surface area contributed by atoms with Gasteiger partial charge in [0.15, 0.2) is 0 Å². The SMILES string of the molecule is Cc1cccc(Cl)c1N1CC=C[C@]23S[C@]4(C)C=CCN(C)C(=O)[C@@H]4[C@H]2C(=O)N([C@H](CO)c2ccccc2)C3C1=O. The average molecular weight is 578 g/mol. The molecule has 0 aromatic heterocycles. The van der Waals surface area contributed by atoms with Crippen molar-refractivity contribution in [3.63, 3.8) is 0 Å². The summed E-state index contributed by atoms with van der Waals surface area (Å²) >= 11 is 8.18. The quantitative estimate of drug-likeness (QED) is 0.556. The van der Waals surface area contributed by atoms with Gasteiger partial charge in [0.05, 0.1) is 39.9 Å². The van der Waals surface area contributed by atoms with Gasteiger partial charge in [0, 0.05) is 24.9 Å². The van der Waals surface area contributed by atoms with Gasteiger partial charge >= 0.3 is 0 Å². The number of hydrogen-bond donors (Lipinski definition) is 1. The number of carbonyl (C=O) groups is 3. The van der Waals surface area contributed by atoms with E-state index < -0.39 is 33.4 Å². The lowest BCUT2D eigenvalue weighted by atomic mass is 9.74. The molecule has 4 heterocycles. The molecule has 6 rings (SSSR count). The van der Waals surface area contributed by atoms with Crippen LogP contribution < -0.4 is 4.90 Å². The zero-order valence-electron chi connectivity index (χ0n) is 22.7. The minimum Gasteiger partial charge on any atom is -0.394 e. The minimum absolute atomic E-state index is 0.111. The number of rotatable bonds is 4. The van der Waals surface area contributed by atoms with Crippen molar-refractivity contribution in [3.05, 3.63) is 89.0 Å². The second-order valence-electron chi connectivity index (χ2n) is 11.2. The molecule has 0 bridgehead atoms. The number of aliphatic hydroxyl groups excluding tert-OH is 1. The van der Waals surface area contributed by atoms with E-state index in [0.29, 0.717) is 17.3 Å². The minimum atomic E-state index is -1.02. The maximum Gasteiger partial charge on any atom is 0.251 e. The molecule has 1 unspecified atom stereocenters. The van der Waals surface area contributed by atoms with Gasteiger partial charge in [0.2, 0.25) is 11.8 Å². The van der Waals surface area contributed by atoms with Crippen LogP contribution >= 0.6 is 23.4 Å². The fourth-order valence-corrected chi connectivity index (χ4v) is 9.58.